The second-order valence-electron chi connectivity index (χ2n) is 7.33. The molecule has 0 radical (unpaired) electrons. The third-order valence-electron chi connectivity index (χ3n) is 5.52. The average Bonchev–Trinajstić information content (AvgIpc) is 3.34. The fraction of sp³-hybridized carbons (Fsp3) is 0.381. The van der Waals surface area contributed by atoms with Gasteiger partial charge in [-0.2, -0.15) is 4.31 Å². The first-order valence-corrected chi connectivity index (χ1v) is 11.0. The van der Waals surface area contributed by atoms with E-state index >= 15 is 0 Å². The fourth-order valence-corrected chi connectivity index (χ4v) is 5.79. The maximum Gasteiger partial charge on any atom is 0.258 e. The first-order chi connectivity index (χ1) is 13.4. The van der Waals surface area contributed by atoms with Gasteiger partial charge in [-0.1, -0.05) is 18.2 Å². The third-order valence-corrected chi connectivity index (χ3v) is 7.44. The SMILES string of the molecule is COc1ccc(C(=O)N2c3ccccc3CC2C)cc1S(=O)(=O)N1CCCC1. The van der Waals surface area contributed by atoms with Crippen LogP contribution in [-0.2, 0) is 16.4 Å². The zero-order chi connectivity index (χ0) is 19.9. The standard InChI is InChI=1S/C21H24N2O4S/c1-15-13-16-7-3-4-8-18(16)23(15)21(24)17-9-10-19(27-2)20(14-17)28(25,26)22-11-5-6-12-22/h3-4,7-10,14-15H,5-6,11-13H2,1-2H3. The molecular formula is C21H24N2O4S. The van der Waals surface area contributed by atoms with E-state index in [9.17, 15) is 13.2 Å². The normalized spacial score (nSPS) is 19.6. The molecule has 148 valence electrons. The summed E-state index contributed by atoms with van der Waals surface area (Å²) in [6.45, 7) is 3.00. The molecule has 2 aliphatic heterocycles. The second-order valence-corrected chi connectivity index (χ2v) is 9.24. The van der Waals surface area contributed by atoms with Gasteiger partial charge in [0.15, 0.2) is 0 Å². The molecule has 7 heteroatoms. The summed E-state index contributed by atoms with van der Waals surface area (Å²) in [6, 6.07) is 12.5. The van der Waals surface area contributed by atoms with E-state index < -0.39 is 10.0 Å². The van der Waals surface area contributed by atoms with Gasteiger partial charge in [0.1, 0.15) is 10.6 Å². The first-order valence-electron chi connectivity index (χ1n) is 9.53. The average molecular weight is 401 g/mol. The molecule has 0 aliphatic carbocycles. The Balaban J connectivity index is 1.74. The van der Waals surface area contributed by atoms with Crippen molar-refractivity contribution in [3.63, 3.8) is 0 Å². The molecule has 4 rings (SSSR count). The Morgan fingerprint density at radius 2 is 1.82 bits per heavy atom. The van der Waals surface area contributed by atoms with Gasteiger partial charge in [-0.25, -0.2) is 8.42 Å². The van der Waals surface area contributed by atoms with Gasteiger partial charge in [-0.05, 0) is 56.0 Å². The molecule has 1 unspecified atom stereocenters. The Morgan fingerprint density at radius 3 is 2.54 bits per heavy atom. The number of hydrogen-bond donors (Lipinski definition) is 0. The quantitative estimate of drug-likeness (QED) is 0.791. The molecule has 0 saturated carbocycles. The van der Waals surface area contributed by atoms with Gasteiger partial charge >= 0.3 is 0 Å². The van der Waals surface area contributed by atoms with Crippen molar-refractivity contribution in [1.82, 2.24) is 4.31 Å². The van der Waals surface area contributed by atoms with Gasteiger partial charge in [0, 0.05) is 30.4 Å². The lowest BCUT2D eigenvalue weighted by Gasteiger charge is -2.24. The smallest absolute Gasteiger partial charge is 0.258 e. The number of methoxy groups -OCH3 is 1. The van der Waals surface area contributed by atoms with Gasteiger partial charge in [0.25, 0.3) is 5.91 Å². The number of benzene rings is 2. The predicted molar refractivity (Wildman–Crippen MR) is 107 cm³/mol. The van der Waals surface area contributed by atoms with E-state index in [1.54, 1.807) is 17.0 Å². The van der Waals surface area contributed by atoms with E-state index in [2.05, 4.69) is 0 Å². The zero-order valence-electron chi connectivity index (χ0n) is 16.1. The molecule has 6 nitrogen and oxygen atoms in total. The van der Waals surface area contributed by atoms with Gasteiger partial charge in [0.2, 0.25) is 10.0 Å². The molecule has 1 atom stereocenters. The number of sulfonamides is 1. The van der Waals surface area contributed by atoms with E-state index in [1.807, 2.05) is 31.2 Å². The Hall–Kier alpha value is -2.38. The van der Waals surface area contributed by atoms with Crippen molar-refractivity contribution in [3.8, 4) is 5.75 Å². The van der Waals surface area contributed by atoms with Crippen molar-refractivity contribution in [2.24, 2.45) is 0 Å². The molecule has 28 heavy (non-hydrogen) atoms. The molecule has 1 amide bonds. The largest absolute Gasteiger partial charge is 0.495 e. The van der Waals surface area contributed by atoms with E-state index in [4.69, 9.17) is 4.74 Å². The molecule has 2 aliphatic rings. The van der Waals surface area contributed by atoms with Crippen molar-refractivity contribution >= 4 is 21.6 Å². The van der Waals surface area contributed by atoms with E-state index in [1.165, 1.54) is 17.5 Å². The summed E-state index contributed by atoms with van der Waals surface area (Å²) >= 11 is 0. The zero-order valence-corrected chi connectivity index (χ0v) is 16.9. The molecule has 1 fully saturated rings. The number of amides is 1. The van der Waals surface area contributed by atoms with Gasteiger partial charge < -0.3 is 9.64 Å². The summed E-state index contributed by atoms with van der Waals surface area (Å²) < 4.78 is 33.0. The summed E-state index contributed by atoms with van der Waals surface area (Å²) in [5.74, 6) is 0.0660. The number of rotatable bonds is 4. The van der Waals surface area contributed by atoms with Crippen LogP contribution in [0.4, 0.5) is 5.69 Å². The van der Waals surface area contributed by atoms with E-state index in [0.717, 1.165) is 30.5 Å². The minimum absolute atomic E-state index is 0.0191. The lowest BCUT2D eigenvalue weighted by molar-refractivity contribution is 0.0981. The lowest BCUT2D eigenvalue weighted by Crippen LogP contribution is -2.36. The molecule has 0 spiro atoms. The summed E-state index contributed by atoms with van der Waals surface area (Å²) in [4.78, 5) is 15.1. The number of ether oxygens (including phenoxy) is 1. The van der Waals surface area contributed by atoms with Crippen LogP contribution in [0, 0.1) is 0 Å². The van der Waals surface area contributed by atoms with Gasteiger partial charge in [-0.15, -0.1) is 0 Å². The highest BCUT2D eigenvalue weighted by atomic mass is 32.2. The van der Waals surface area contributed by atoms with Crippen molar-refractivity contribution in [3.05, 3.63) is 53.6 Å². The topological polar surface area (TPSA) is 66.9 Å². The van der Waals surface area contributed by atoms with Crippen molar-refractivity contribution in [2.45, 2.75) is 37.1 Å². The Bertz CT molecular complexity index is 1010. The van der Waals surface area contributed by atoms with Crippen LogP contribution in [-0.4, -0.2) is 44.9 Å². The maximum absolute atomic E-state index is 13.3. The number of anilines is 1. The minimum atomic E-state index is -3.70. The van der Waals surface area contributed by atoms with Crippen molar-refractivity contribution < 1.29 is 17.9 Å². The molecule has 2 aromatic carbocycles. The molecule has 2 aromatic rings. The molecule has 1 saturated heterocycles. The van der Waals surface area contributed by atoms with Crippen LogP contribution in [0.3, 0.4) is 0 Å². The highest BCUT2D eigenvalue weighted by Crippen LogP contribution is 2.35. The van der Waals surface area contributed by atoms with Crippen LogP contribution >= 0.6 is 0 Å². The van der Waals surface area contributed by atoms with E-state index in [-0.39, 0.29) is 22.6 Å². The highest BCUT2D eigenvalue weighted by Gasteiger charge is 2.34. The van der Waals surface area contributed by atoms with Gasteiger partial charge in [-0.3, -0.25) is 4.79 Å². The monoisotopic (exact) mass is 400 g/mol. The molecule has 0 N–H and O–H groups in total. The van der Waals surface area contributed by atoms with E-state index in [0.29, 0.717) is 18.7 Å². The van der Waals surface area contributed by atoms with Crippen LogP contribution in [0.5, 0.6) is 5.75 Å². The summed E-state index contributed by atoms with van der Waals surface area (Å²) in [5, 5.41) is 0. The lowest BCUT2D eigenvalue weighted by atomic mass is 10.1. The van der Waals surface area contributed by atoms with Gasteiger partial charge in [0.05, 0.1) is 7.11 Å². The van der Waals surface area contributed by atoms with Crippen LogP contribution in [0.15, 0.2) is 47.4 Å². The predicted octanol–water partition coefficient (Wildman–Crippen LogP) is 3.07. The summed E-state index contributed by atoms with van der Waals surface area (Å²) in [6.07, 6.45) is 2.49. The number of fused-ring (bicyclic) bond motifs is 1. The number of carbonyl (C=O) groups is 1. The first kappa shape index (κ1) is 19.0. The number of carbonyl (C=O) groups excluding carboxylic acids is 1. The van der Waals surface area contributed by atoms with Crippen LogP contribution < -0.4 is 9.64 Å². The second kappa shape index (κ2) is 7.22. The number of hydrogen-bond acceptors (Lipinski definition) is 4. The summed E-state index contributed by atoms with van der Waals surface area (Å²) in [5.41, 5.74) is 2.36. The van der Waals surface area contributed by atoms with Crippen molar-refractivity contribution in [2.75, 3.05) is 25.1 Å². The molecule has 0 aromatic heterocycles. The maximum atomic E-state index is 13.3. The van der Waals surface area contributed by atoms with Crippen LogP contribution in [0.1, 0.15) is 35.7 Å². The summed E-state index contributed by atoms with van der Waals surface area (Å²) in [7, 11) is -2.25. The molecule has 2 heterocycles. The number of nitrogens with zero attached hydrogens (tertiary/aromatic N) is 2. The Morgan fingerprint density at radius 1 is 1.11 bits per heavy atom. The molecule has 0 bridgehead atoms. The highest BCUT2D eigenvalue weighted by molar-refractivity contribution is 7.89. The van der Waals surface area contributed by atoms with Crippen LogP contribution in [0.2, 0.25) is 0 Å². The molecular weight excluding hydrogens is 376 g/mol. The minimum Gasteiger partial charge on any atom is -0.495 e. The Labute approximate surface area is 165 Å². The fourth-order valence-electron chi connectivity index (χ4n) is 4.09. The third kappa shape index (κ3) is 3.08. The van der Waals surface area contributed by atoms with Crippen LogP contribution in [0.25, 0.3) is 0 Å². The Kier molecular flexibility index (Phi) is 4.89. The van der Waals surface area contributed by atoms with Crippen molar-refractivity contribution in [1.29, 1.82) is 0 Å². The number of para-hydroxylation sites is 1.